The second-order valence-electron chi connectivity index (χ2n) is 5.53. The molecule has 1 N–H and O–H groups in total. The largest absolute Gasteiger partial charge is 0.656 e. The Morgan fingerprint density at radius 2 is 1.75 bits per heavy atom. The molecule has 128 valence electrons. The zero-order chi connectivity index (χ0) is 17.6. The van der Waals surface area contributed by atoms with Crippen LogP contribution in [0, 0.1) is 17.5 Å². The third-order valence-corrected chi connectivity index (χ3v) is 3.71. The Kier molecular flexibility index (Phi) is 3.75. The summed E-state index contributed by atoms with van der Waals surface area (Å²) < 4.78 is 49.7. The van der Waals surface area contributed by atoms with Crippen LogP contribution in [0.5, 0.6) is 0 Å². The van der Waals surface area contributed by atoms with Crippen molar-refractivity contribution >= 4 is 11.9 Å². The molecule has 1 unspecified atom stereocenters. The molecule has 3 rings (SSSR count). The van der Waals surface area contributed by atoms with E-state index < -0.39 is 64.5 Å². The van der Waals surface area contributed by atoms with Crippen molar-refractivity contribution in [3.8, 4) is 0 Å². The molecular weight excluding hydrogens is 331 g/mol. The Bertz CT molecular complexity index is 753. The van der Waals surface area contributed by atoms with Gasteiger partial charge in [0.15, 0.2) is 17.2 Å². The van der Waals surface area contributed by atoms with Crippen molar-refractivity contribution < 1.29 is 37.3 Å². The summed E-state index contributed by atoms with van der Waals surface area (Å²) in [5.74, 6) is -8.60. The van der Waals surface area contributed by atoms with E-state index in [1.807, 2.05) is 0 Å². The molecule has 2 fully saturated rings. The van der Waals surface area contributed by atoms with Crippen LogP contribution < -0.4 is 0 Å². The summed E-state index contributed by atoms with van der Waals surface area (Å²) in [6, 6.07) is 0.345. The molecule has 0 amide bonds. The summed E-state index contributed by atoms with van der Waals surface area (Å²) in [6.45, 7) is 1.72. The van der Waals surface area contributed by atoms with Gasteiger partial charge in [-0.15, -0.1) is 0 Å². The summed E-state index contributed by atoms with van der Waals surface area (Å²) in [6.07, 6.45) is -0.715. The number of esters is 2. The van der Waals surface area contributed by atoms with Gasteiger partial charge in [-0.25, -0.2) is 22.8 Å². The van der Waals surface area contributed by atoms with Crippen LogP contribution in [0.25, 0.3) is 5.32 Å². The van der Waals surface area contributed by atoms with E-state index in [0.717, 1.165) is 0 Å². The molecule has 1 atom stereocenters. The minimum absolute atomic E-state index is 0.297. The number of halogens is 3. The van der Waals surface area contributed by atoms with Crippen LogP contribution in [0.3, 0.4) is 0 Å². The van der Waals surface area contributed by atoms with E-state index in [9.17, 15) is 27.9 Å². The molecule has 0 bridgehead atoms. The van der Waals surface area contributed by atoms with Crippen molar-refractivity contribution in [1.29, 1.82) is 0 Å². The monoisotopic (exact) mass is 342 g/mol. The molecule has 6 nitrogen and oxygen atoms in total. The maximum atomic E-state index is 13.6. The maximum Gasteiger partial charge on any atom is 0.352 e. The number of aliphatic hydroxyl groups is 1. The Balaban J connectivity index is 1.87. The van der Waals surface area contributed by atoms with Gasteiger partial charge in [0, 0.05) is 19.4 Å². The molecule has 0 spiro atoms. The van der Waals surface area contributed by atoms with Gasteiger partial charge in [0.1, 0.15) is 11.6 Å². The lowest BCUT2D eigenvalue weighted by molar-refractivity contribution is -0.227. The second kappa shape index (κ2) is 5.52. The highest BCUT2D eigenvalue weighted by molar-refractivity contribution is 6.15. The van der Waals surface area contributed by atoms with Crippen LogP contribution in [0.1, 0.15) is 12.5 Å². The SMILES string of the molecule is CC1(C2C[N-]2)OC(=O)C(=C(O)Cc2cc(F)c(F)cc2F)C(=O)O1. The van der Waals surface area contributed by atoms with E-state index in [4.69, 9.17) is 9.47 Å². The molecule has 0 aliphatic carbocycles. The summed E-state index contributed by atoms with van der Waals surface area (Å²) in [5.41, 5.74) is -1.26. The minimum Gasteiger partial charge on any atom is -0.656 e. The molecule has 2 saturated heterocycles. The van der Waals surface area contributed by atoms with Crippen molar-refractivity contribution in [2.45, 2.75) is 25.2 Å². The molecule has 9 heteroatoms. The van der Waals surface area contributed by atoms with Crippen LogP contribution in [0.4, 0.5) is 13.2 Å². The molecule has 2 heterocycles. The Morgan fingerprint density at radius 3 is 2.29 bits per heavy atom. The number of cyclic esters (lactones) is 2. The summed E-state index contributed by atoms with van der Waals surface area (Å²) in [5, 5.41) is 13.8. The fraction of sp³-hybridized carbons (Fsp3) is 0.333. The first-order valence-electron chi connectivity index (χ1n) is 6.90. The number of rotatable bonds is 3. The fourth-order valence-electron chi connectivity index (χ4n) is 2.30. The Labute approximate surface area is 133 Å². The van der Waals surface area contributed by atoms with E-state index in [1.165, 1.54) is 6.92 Å². The number of ether oxygens (including phenoxy) is 2. The normalized spacial score (nSPS) is 26.0. The van der Waals surface area contributed by atoms with Gasteiger partial charge in [0.05, 0.1) is 0 Å². The van der Waals surface area contributed by atoms with E-state index in [1.54, 1.807) is 0 Å². The summed E-state index contributed by atoms with van der Waals surface area (Å²) in [4.78, 5) is 24.0. The molecule has 1 aromatic rings. The number of aliphatic hydroxyl groups excluding tert-OH is 1. The van der Waals surface area contributed by atoms with E-state index >= 15 is 0 Å². The second-order valence-corrected chi connectivity index (χ2v) is 5.53. The number of allylic oxidation sites excluding steroid dienone is 1. The van der Waals surface area contributed by atoms with Crippen molar-refractivity contribution in [3.63, 3.8) is 0 Å². The van der Waals surface area contributed by atoms with Crippen molar-refractivity contribution in [2.75, 3.05) is 6.54 Å². The van der Waals surface area contributed by atoms with Gasteiger partial charge in [-0.2, -0.15) is 6.54 Å². The minimum atomic E-state index is -1.55. The number of benzene rings is 1. The molecule has 2 aliphatic rings. The summed E-state index contributed by atoms with van der Waals surface area (Å²) in [7, 11) is 0. The quantitative estimate of drug-likeness (QED) is 0.227. The average Bonchev–Trinajstić information content (AvgIpc) is 3.28. The van der Waals surface area contributed by atoms with Gasteiger partial charge in [0.2, 0.25) is 5.79 Å². The third kappa shape index (κ3) is 2.82. The van der Waals surface area contributed by atoms with Gasteiger partial charge < -0.3 is 19.9 Å². The van der Waals surface area contributed by atoms with E-state index in [2.05, 4.69) is 5.32 Å². The maximum absolute atomic E-state index is 13.6. The van der Waals surface area contributed by atoms with Crippen molar-refractivity contribution in [1.82, 2.24) is 0 Å². The zero-order valence-corrected chi connectivity index (χ0v) is 12.3. The molecule has 0 aromatic heterocycles. The highest BCUT2D eigenvalue weighted by atomic mass is 19.2. The number of hydrogen-bond donors (Lipinski definition) is 1. The molecule has 24 heavy (non-hydrogen) atoms. The first-order chi connectivity index (χ1) is 11.2. The Hall–Kier alpha value is -2.55. The predicted octanol–water partition coefficient (Wildman–Crippen LogP) is 2.03. The molecular formula is C15H11F3NO5-. The highest BCUT2D eigenvalue weighted by Gasteiger charge is 2.47. The summed E-state index contributed by atoms with van der Waals surface area (Å²) >= 11 is 0. The van der Waals surface area contributed by atoms with Gasteiger partial charge in [-0.1, -0.05) is 6.04 Å². The topological polar surface area (TPSA) is 86.9 Å². The van der Waals surface area contributed by atoms with Crippen LogP contribution in [0.15, 0.2) is 23.5 Å². The zero-order valence-electron chi connectivity index (χ0n) is 12.3. The van der Waals surface area contributed by atoms with Crippen LogP contribution in [-0.4, -0.2) is 35.4 Å². The predicted molar refractivity (Wildman–Crippen MR) is 72.3 cm³/mol. The van der Waals surface area contributed by atoms with Gasteiger partial charge in [0.25, 0.3) is 0 Å². The van der Waals surface area contributed by atoms with Crippen LogP contribution in [-0.2, 0) is 25.5 Å². The van der Waals surface area contributed by atoms with Gasteiger partial charge >= 0.3 is 11.9 Å². The average molecular weight is 342 g/mol. The lowest BCUT2D eigenvalue weighted by Crippen LogP contribution is -2.48. The van der Waals surface area contributed by atoms with Crippen molar-refractivity contribution in [2.24, 2.45) is 0 Å². The number of carbonyl (C=O) groups is 2. The Morgan fingerprint density at radius 1 is 1.21 bits per heavy atom. The van der Waals surface area contributed by atoms with Crippen molar-refractivity contribution in [3.05, 3.63) is 51.8 Å². The third-order valence-electron chi connectivity index (χ3n) is 3.71. The fourth-order valence-corrected chi connectivity index (χ4v) is 2.30. The molecule has 2 aliphatic heterocycles. The van der Waals surface area contributed by atoms with E-state index in [-0.39, 0.29) is 0 Å². The molecule has 0 radical (unpaired) electrons. The number of nitrogens with zero attached hydrogens (tertiary/aromatic N) is 1. The first kappa shape index (κ1) is 16.3. The highest BCUT2D eigenvalue weighted by Crippen LogP contribution is 2.38. The first-order valence-corrected chi connectivity index (χ1v) is 6.90. The van der Waals surface area contributed by atoms with E-state index in [0.29, 0.717) is 18.7 Å². The molecule has 1 aromatic carbocycles. The standard InChI is InChI=1S/C15H11F3NO5/c1-15(11-5-19-11)23-13(21)12(14(22)24-15)10(20)3-6-2-8(17)9(18)4-7(6)16/h2,4,11,20H,3,5H2,1H3/q-1. The van der Waals surface area contributed by atoms with Crippen LogP contribution >= 0.6 is 0 Å². The lowest BCUT2D eigenvalue weighted by atomic mass is 10.0. The lowest BCUT2D eigenvalue weighted by Gasteiger charge is -2.36. The number of hydrogen-bond acceptors (Lipinski definition) is 5. The van der Waals surface area contributed by atoms with Crippen LogP contribution in [0.2, 0.25) is 0 Å². The smallest absolute Gasteiger partial charge is 0.352 e. The van der Waals surface area contributed by atoms with Gasteiger partial charge in [-0.05, 0) is 11.6 Å². The number of carbonyl (C=O) groups excluding carboxylic acids is 2. The van der Waals surface area contributed by atoms with Gasteiger partial charge in [-0.3, -0.25) is 0 Å². The molecule has 0 saturated carbocycles.